The van der Waals surface area contributed by atoms with Crippen molar-refractivity contribution in [2.24, 2.45) is 0 Å². The number of nitrogens with one attached hydrogen (secondary N) is 1. The van der Waals surface area contributed by atoms with Crippen LogP contribution in [0.4, 0.5) is 11.5 Å². The average Bonchev–Trinajstić information content (AvgIpc) is 2.60. The first-order valence-electron chi connectivity index (χ1n) is 7.85. The number of hydrogen-bond donors (Lipinski definition) is 4. The normalized spacial score (nSPS) is 12.1. The van der Waals surface area contributed by atoms with Crippen molar-refractivity contribution in [3.05, 3.63) is 54.2 Å². The largest absolute Gasteiger partial charge is 0.480 e. The number of aliphatic hydroxyl groups is 1. The highest BCUT2D eigenvalue weighted by Crippen LogP contribution is 2.34. The van der Waals surface area contributed by atoms with Gasteiger partial charge in [-0.2, -0.15) is 0 Å². The maximum absolute atomic E-state index is 11.2. The van der Waals surface area contributed by atoms with Crippen LogP contribution in [0.5, 0.6) is 0 Å². The molecule has 0 saturated carbocycles. The van der Waals surface area contributed by atoms with E-state index in [4.69, 9.17) is 5.73 Å². The first-order valence-corrected chi connectivity index (χ1v) is 7.85. The monoisotopic (exact) mass is 337 g/mol. The minimum absolute atomic E-state index is 0.439. The average molecular weight is 337 g/mol. The maximum atomic E-state index is 11.2. The SMILES string of the molecule is Cc1cccc2c(-c3ccc(N)cc3)cnc(NC(CO)C(=O)O)c12. The third kappa shape index (κ3) is 3.25. The summed E-state index contributed by atoms with van der Waals surface area (Å²) in [7, 11) is 0. The van der Waals surface area contributed by atoms with Crippen molar-refractivity contribution >= 4 is 28.2 Å². The van der Waals surface area contributed by atoms with Crippen LogP contribution in [-0.2, 0) is 4.79 Å². The highest BCUT2D eigenvalue weighted by molar-refractivity contribution is 6.04. The molecular weight excluding hydrogens is 318 g/mol. The molecule has 1 atom stereocenters. The number of benzene rings is 2. The summed E-state index contributed by atoms with van der Waals surface area (Å²) in [5, 5.41) is 23.0. The lowest BCUT2D eigenvalue weighted by atomic mass is 9.97. The molecule has 6 heteroatoms. The number of nitrogen functional groups attached to an aromatic ring is 1. The molecule has 6 nitrogen and oxygen atoms in total. The van der Waals surface area contributed by atoms with Crippen molar-refractivity contribution in [3.8, 4) is 11.1 Å². The molecule has 0 fully saturated rings. The minimum atomic E-state index is -1.13. The summed E-state index contributed by atoms with van der Waals surface area (Å²) in [5.41, 5.74) is 9.31. The molecular formula is C19H19N3O3. The highest BCUT2D eigenvalue weighted by atomic mass is 16.4. The van der Waals surface area contributed by atoms with Gasteiger partial charge in [-0.05, 0) is 35.6 Å². The van der Waals surface area contributed by atoms with Gasteiger partial charge in [0.15, 0.2) is 0 Å². The van der Waals surface area contributed by atoms with Gasteiger partial charge < -0.3 is 21.3 Å². The molecule has 25 heavy (non-hydrogen) atoms. The fourth-order valence-corrected chi connectivity index (χ4v) is 2.82. The van der Waals surface area contributed by atoms with Gasteiger partial charge in [0.1, 0.15) is 11.9 Å². The molecule has 0 radical (unpaired) electrons. The van der Waals surface area contributed by atoms with Gasteiger partial charge in [0.05, 0.1) is 6.61 Å². The molecule has 0 bridgehead atoms. The van der Waals surface area contributed by atoms with Crippen LogP contribution in [0.15, 0.2) is 48.7 Å². The van der Waals surface area contributed by atoms with E-state index >= 15 is 0 Å². The summed E-state index contributed by atoms with van der Waals surface area (Å²) in [5.74, 6) is -0.692. The molecule has 0 amide bonds. The molecule has 0 aliphatic rings. The van der Waals surface area contributed by atoms with Gasteiger partial charge in [0, 0.05) is 22.8 Å². The smallest absolute Gasteiger partial charge is 0.328 e. The predicted molar refractivity (Wildman–Crippen MR) is 98.5 cm³/mol. The number of aryl methyl sites for hydroxylation is 1. The maximum Gasteiger partial charge on any atom is 0.328 e. The Morgan fingerprint density at radius 2 is 1.96 bits per heavy atom. The summed E-state index contributed by atoms with van der Waals surface area (Å²) in [6.07, 6.45) is 1.70. The topological polar surface area (TPSA) is 108 Å². The summed E-state index contributed by atoms with van der Waals surface area (Å²) < 4.78 is 0. The second-order valence-corrected chi connectivity index (χ2v) is 5.86. The number of carboxylic acids is 1. The number of pyridine rings is 1. The third-order valence-corrected chi connectivity index (χ3v) is 4.14. The van der Waals surface area contributed by atoms with Gasteiger partial charge in [0.2, 0.25) is 0 Å². The molecule has 3 aromatic rings. The van der Waals surface area contributed by atoms with Crippen LogP contribution in [0.25, 0.3) is 21.9 Å². The zero-order valence-electron chi connectivity index (χ0n) is 13.7. The Bertz CT molecular complexity index is 923. The van der Waals surface area contributed by atoms with Crippen LogP contribution in [0, 0.1) is 6.92 Å². The van der Waals surface area contributed by atoms with E-state index in [1.54, 1.807) is 6.20 Å². The number of aliphatic carboxylic acids is 1. The summed E-state index contributed by atoms with van der Waals surface area (Å²) >= 11 is 0. The van der Waals surface area contributed by atoms with Crippen molar-refractivity contribution in [2.75, 3.05) is 17.7 Å². The summed E-state index contributed by atoms with van der Waals surface area (Å²) in [6.45, 7) is 1.42. The van der Waals surface area contributed by atoms with Crippen molar-refractivity contribution in [3.63, 3.8) is 0 Å². The molecule has 0 spiro atoms. The quantitative estimate of drug-likeness (QED) is 0.533. The Kier molecular flexibility index (Phi) is 4.54. The second-order valence-electron chi connectivity index (χ2n) is 5.86. The van der Waals surface area contributed by atoms with Crippen molar-refractivity contribution in [1.29, 1.82) is 0 Å². The van der Waals surface area contributed by atoms with Crippen molar-refractivity contribution in [2.45, 2.75) is 13.0 Å². The first kappa shape index (κ1) is 16.7. The van der Waals surface area contributed by atoms with Crippen LogP contribution in [0.2, 0.25) is 0 Å². The van der Waals surface area contributed by atoms with E-state index in [-0.39, 0.29) is 0 Å². The Morgan fingerprint density at radius 1 is 1.24 bits per heavy atom. The van der Waals surface area contributed by atoms with Gasteiger partial charge in [-0.15, -0.1) is 0 Å². The third-order valence-electron chi connectivity index (χ3n) is 4.14. The van der Waals surface area contributed by atoms with Crippen molar-refractivity contribution < 1.29 is 15.0 Å². The van der Waals surface area contributed by atoms with Crippen LogP contribution in [0.3, 0.4) is 0 Å². The number of aromatic nitrogens is 1. The minimum Gasteiger partial charge on any atom is -0.480 e. The van der Waals surface area contributed by atoms with Gasteiger partial charge in [-0.25, -0.2) is 9.78 Å². The Morgan fingerprint density at radius 3 is 2.60 bits per heavy atom. The fraction of sp³-hybridized carbons (Fsp3) is 0.158. The second kappa shape index (κ2) is 6.78. The number of anilines is 2. The molecule has 0 saturated heterocycles. The lowest BCUT2D eigenvalue weighted by Gasteiger charge is -2.17. The Balaban J connectivity index is 2.17. The van der Waals surface area contributed by atoms with Crippen molar-refractivity contribution in [1.82, 2.24) is 4.98 Å². The van der Waals surface area contributed by atoms with Crippen LogP contribution < -0.4 is 11.1 Å². The number of hydrogen-bond acceptors (Lipinski definition) is 5. The lowest BCUT2D eigenvalue weighted by molar-refractivity contribution is -0.138. The number of nitrogens with two attached hydrogens (primary N) is 1. The van der Waals surface area contributed by atoms with E-state index in [1.165, 1.54) is 0 Å². The first-order chi connectivity index (χ1) is 12.0. The number of aliphatic hydroxyl groups excluding tert-OH is 1. The molecule has 0 aliphatic carbocycles. The van der Waals surface area contributed by atoms with E-state index in [2.05, 4.69) is 10.3 Å². The van der Waals surface area contributed by atoms with Gasteiger partial charge in [-0.3, -0.25) is 0 Å². The number of nitrogens with zero attached hydrogens (tertiary/aromatic N) is 1. The molecule has 0 aliphatic heterocycles. The zero-order valence-corrected chi connectivity index (χ0v) is 13.7. The molecule has 1 heterocycles. The number of rotatable bonds is 5. The number of carbonyl (C=O) groups is 1. The van der Waals surface area contributed by atoms with E-state index < -0.39 is 18.6 Å². The molecule has 1 aromatic heterocycles. The Hall–Kier alpha value is -3.12. The summed E-state index contributed by atoms with van der Waals surface area (Å²) in [4.78, 5) is 15.6. The van der Waals surface area contributed by atoms with Gasteiger partial charge >= 0.3 is 5.97 Å². The molecule has 2 aromatic carbocycles. The lowest BCUT2D eigenvalue weighted by Crippen LogP contribution is -2.33. The van der Waals surface area contributed by atoms with Crippen LogP contribution in [0.1, 0.15) is 5.56 Å². The van der Waals surface area contributed by atoms with E-state index in [1.807, 2.05) is 49.4 Å². The molecule has 128 valence electrons. The molecule has 3 rings (SSSR count). The van der Waals surface area contributed by atoms with Crippen LogP contribution in [-0.4, -0.2) is 33.8 Å². The molecule has 1 unspecified atom stereocenters. The zero-order chi connectivity index (χ0) is 18.0. The van der Waals surface area contributed by atoms with E-state index in [0.717, 1.165) is 27.5 Å². The van der Waals surface area contributed by atoms with Gasteiger partial charge in [0.25, 0.3) is 0 Å². The fourth-order valence-electron chi connectivity index (χ4n) is 2.82. The number of fused-ring (bicyclic) bond motifs is 1. The highest BCUT2D eigenvalue weighted by Gasteiger charge is 2.19. The van der Waals surface area contributed by atoms with E-state index in [0.29, 0.717) is 11.5 Å². The van der Waals surface area contributed by atoms with Gasteiger partial charge in [-0.1, -0.05) is 30.3 Å². The number of carboxylic acid groups (broad SMARTS) is 1. The van der Waals surface area contributed by atoms with Crippen LogP contribution >= 0.6 is 0 Å². The predicted octanol–water partition coefficient (Wildman–Crippen LogP) is 2.65. The summed E-state index contributed by atoms with van der Waals surface area (Å²) in [6, 6.07) is 12.3. The standard InChI is InChI=1S/C19H19N3O3/c1-11-3-2-4-14-15(12-5-7-13(20)8-6-12)9-21-18(17(11)14)22-16(10-23)19(24)25/h2-9,16,23H,10,20H2,1H3,(H,21,22)(H,24,25). The van der Waals surface area contributed by atoms with E-state index in [9.17, 15) is 15.0 Å². The Labute approximate surface area is 144 Å². The molecule has 5 N–H and O–H groups in total.